The third-order valence-electron chi connectivity index (χ3n) is 3.89. The zero-order valence-electron chi connectivity index (χ0n) is 12.0. The van der Waals surface area contributed by atoms with E-state index in [-0.39, 0.29) is 18.7 Å². The van der Waals surface area contributed by atoms with Crippen LogP contribution in [0.4, 0.5) is 0 Å². The summed E-state index contributed by atoms with van der Waals surface area (Å²) in [6.45, 7) is 5.97. The van der Waals surface area contributed by atoms with Gasteiger partial charge in [0.05, 0.1) is 19.3 Å². The van der Waals surface area contributed by atoms with Gasteiger partial charge in [0.1, 0.15) is 0 Å². The molecule has 5 heteroatoms. The van der Waals surface area contributed by atoms with Crippen molar-refractivity contribution >= 4 is 0 Å². The van der Waals surface area contributed by atoms with Crippen molar-refractivity contribution in [2.24, 2.45) is 5.73 Å². The summed E-state index contributed by atoms with van der Waals surface area (Å²) in [4.78, 5) is 4.75. The van der Waals surface area contributed by atoms with Gasteiger partial charge in [0.2, 0.25) is 0 Å². The maximum Gasteiger partial charge on any atom is 0.0629 e. The number of hydrogen-bond donors (Lipinski definition) is 2. The number of ether oxygens (including phenoxy) is 1. The Labute approximate surface area is 111 Å². The van der Waals surface area contributed by atoms with Gasteiger partial charge in [-0.15, -0.1) is 0 Å². The molecule has 0 saturated carbocycles. The van der Waals surface area contributed by atoms with E-state index in [0.717, 1.165) is 32.5 Å². The van der Waals surface area contributed by atoms with Gasteiger partial charge >= 0.3 is 0 Å². The number of methoxy groups -OCH3 is 1. The Morgan fingerprint density at radius 2 is 2.17 bits per heavy atom. The van der Waals surface area contributed by atoms with E-state index in [9.17, 15) is 5.11 Å². The quantitative estimate of drug-likeness (QED) is 0.688. The Balaban J connectivity index is 2.73. The number of nitrogens with zero attached hydrogens (tertiary/aromatic N) is 2. The first-order valence-electron chi connectivity index (χ1n) is 6.93. The number of nitrogens with two attached hydrogens (primary N) is 1. The third kappa shape index (κ3) is 4.17. The Bertz CT molecular complexity index is 228. The van der Waals surface area contributed by atoms with Gasteiger partial charge < -0.3 is 20.5 Å². The average molecular weight is 259 g/mol. The summed E-state index contributed by atoms with van der Waals surface area (Å²) < 4.78 is 5.13. The van der Waals surface area contributed by atoms with E-state index in [2.05, 4.69) is 23.8 Å². The monoisotopic (exact) mass is 259 g/mol. The summed E-state index contributed by atoms with van der Waals surface area (Å²) in [5, 5.41) is 9.66. The standard InChI is InChI=1S/C13H29N3O2/c1-4-11-8-15(2)6-5-7-16(11)13(9-17)12(14)10-18-3/h11-13,17H,4-10,14H2,1-3H3. The third-order valence-corrected chi connectivity index (χ3v) is 3.89. The topological polar surface area (TPSA) is 62.0 Å². The maximum absolute atomic E-state index is 9.66. The van der Waals surface area contributed by atoms with Gasteiger partial charge in [-0.05, 0) is 26.4 Å². The SMILES string of the molecule is CCC1CN(C)CCCN1C(CO)C(N)COC. The smallest absolute Gasteiger partial charge is 0.0629 e. The molecule has 3 unspecified atom stereocenters. The molecule has 0 aromatic heterocycles. The lowest BCUT2D eigenvalue weighted by atomic mass is 10.0. The zero-order valence-corrected chi connectivity index (χ0v) is 12.0. The van der Waals surface area contributed by atoms with Crippen LogP contribution in [0.2, 0.25) is 0 Å². The van der Waals surface area contributed by atoms with Crippen LogP contribution in [-0.2, 0) is 4.74 Å². The second-order valence-corrected chi connectivity index (χ2v) is 5.28. The lowest BCUT2D eigenvalue weighted by molar-refractivity contribution is 0.0430. The Hall–Kier alpha value is -0.200. The molecule has 0 aromatic rings. The summed E-state index contributed by atoms with van der Waals surface area (Å²) in [7, 11) is 3.82. The van der Waals surface area contributed by atoms with Crippen molar-refractivity contribution in [1.82, 2.24) is 9.80 Å². The predicted octanol–water partition coefficient (Wildman–Crippen LogP) is -0.263. The summed E-state index contributed by atoms with van der Waals surface area (Å²) in [6, 6.07) is 0.344. The first kappa shape index (κ1) is 15.9. The van der Waals surface area contributed by atoms with Crippen molar-refractivity contribution in [1.29, 1.82) is 0 Å². The van der Waals surface area contributed by atoms with Crippen LogP contribution in [0.15, 0.2) is 0 Å². The molecule has 0 amide bonds. The van der Waals surface area contributed by atoms with E-state index >= 15 is 0 Å². The minimum absolute atomic E-state index is 0.00130. The molecule has 1 aliphatic heterocycles. The summed E-state index contributed by atoms with van der Waals surface area (Å²) in [5.41, 5.74) is 6.13. The van der Waals surface area contributed by atoms with Crippen molar-refractivity contribution in [3.8, 4) is 0 Å². The van der Waals surface area contributed by atoms with E-state index in [4.69, 9.17) is 10.5 Å². The number of aliphatic hydroxyl groups excluding tert-OH is 1. The van der Waals surface area contributed by atoms with E-state index < -0.39 is 0 Å². The molecule has 3 N–H and O–H groups in total. The number of likely N-dealkylation sites (N-methyl/N-ethyl adjacent to an activating group) is 1. The van der Waals surface area contributed by atoms with Crippen molar-refractivity contribution in [2.75, 3.05) is 47.0 Å². The number of hydrogen-bond acceptors (Lipinski definition) is 5. The number of aliphatic hydroxyl groups is 1. The molecule has 1 saturated heterocycles. The van der Waals surface area contributed by atoms with Gasteiger partial charge in [0.15, 0.2) is 0 Å². The van der Waals surface area contributed by atoms with Crippen molar-refractivity contribution in [3.05, 3.63) is 0 Å². The van der Waals surface area contributed by atoms with Gasteiger partial charge in [0, 0.05) is 32.3 Å². The molecule has 1 rings (SSSR count). The number of rotatable bonds is 6. The molecule has 0 bridgehead atoms. The largest absolute Gasteiger partial charge is 0.395 e. The van der Waals surface area contributed by atoms with Crippen molar-refractivity contribution in [2.45, 2.75) is 37.9 Å². The van der Waals surface area contributed by atoms with Gasteiger partial charge in [-0.25, -0.2) is 0 Å². The van der Waals surface area contributed by atoms with Crippen molar-refractivity contribution < 1.29 is 9.84 Å². The van der Waals surface area contributed by atoms with Crippen LogP contribution >= 0.6 is 0 Å². The molecule has 0 spiro atoms. The van der Waals surface area contributed by atoms with E-state index in [1.807, 2.05) is 0 Å². The summed E-state index contributed by atoms with van der Waals surface area (Å²) in [6.07, 6.45) is 2.21. The molecule has 0 aromatic carbocycles. The van der Waals surface area contributed by atoms with Crippen LogP contribution in [0, 0.1) is 0 Å². The first-order chi connectivity index (χ1) is 8.63. The Morgan fingerprint density at radius 1 is 1.44 bits per heavy atom. The van der Waals surface area contributed by atoms with Gasteiger partial charge in [-0.3, -0.25) is 4.90 Å². The van der Waals surface area contributed by atoms with Crippen molar-refractivity contribution in [3.63, 3.8) is 0 Å². The van der Waals surface area contributed by atoms with Crippen LogP contribution in [0.5, 0.6) is 0 Å². The molecule has 1 fully saturated rings. The molecular weight excluding hydrogens is 230 g/mol. The molecule has 0 aliphatic carbocycles. The zero-order chi connectivity index (χ0) is 13.5. The Morgan fingerprint density at radius 3 is 2.72 bits per heavy atom. The molecule has 108 valence electrons. The van der Waals surface area contributed by atoms with Crippen LogP contribution in [0.1, 0.15) is 19.8 Å². The fourth-order valence-electron chi connectivity index (χ4n) is 2.85. The summed E-state index contributed by atoms with van der Waals surface area (Å²) in [5.74, 6) is 0. The second kappa shape index (κ2) is 8.07. The van der Waals surface area contributed by atoms with Gasteiger partial charge in [0.25, 0.3) is 0 Å². The fourth-order valence-corrected chi connectivity index (χ4v) is 2.85. The minimum atomic E-state index is -0.127. The van der Waals surface area contributed by atoms with E-state index in [0.29, 0.717) is 12.6 Å². The highest BCUT2D eigenvalue weighted by atomic mass is 16.5. The molecule has 5 nitrogen and oxygen atoms in total. The van der Waals surface area contributed by atoms with E-state index in [1.54, 1.807) is 7.11 Å². The maximum atomic E-state index is 9.66. The first-order valence-corrected chi connectivity index (χ1v) is 6.93. The van der Waals surface area contributed by atoms with E-state index in [1.165, 1.54) is 0 Å². The Kier molecular flexibility index (Phi) is 7.11. The average Bonchev–Trinajstić information content (AvgIpc) is 2.53. The van der Waals surface area contributed by atoms with Crippen LogP contribution in [0.3, 0.4) is 0 Å². The molecule has 0 radical (unpaired) electrons. The van der Waals surface area contributed by atoms with Gasteiger partial charge in [-0.2, -0.15) is 0 Å². The van der Waals surface area contributed by atoms with Crippen LogP contribution in [0.25, 0.3) is 0 Å². The summed E-state index contributed by atoms with van der Waals surface area (Å²) >= 11 is 0. The molecule has 1 aliphatic rings. The highest BCUT2D eigenvalue weighted by Gasteiger charge is 2.31. The highest BCUT2D eigenvalue weighted by molar-refractivity contribution is 4.88. The van der Waals surface area contributed by atoms with Crippen LogP contribution in [-0.4, -0.2) is 80.0 Å². The normalized spacial score (nSPS) is 26.8. The predicted molar refractivity (Wildman–Crippen MR) is 73.6 cm³/mol. The second-order valence-electron chi connectivity index (χ2n) is 5.28. The highest BCUT2D eigenvalue weighted by Crippen LogP contribution is 2.17. The van der Waals surface area contributed by atoms with Gasteiger partial charge in [-0.1, -0.05) is 6.92 Å². The molecular formula is C13H29N3O2. The fraction of sp³-hybridized carbons (Fsp3) is 1.00. The molecule has 3 atom stereocenters. The minimum Gasteiger partial charge on any atom is -0.395 e. The molecule has 18 heavy (non-hydrogen) atoms. The lowest BCUT2D eigenvalue weighted by Gasteiger charge is -2.38. The molecule has 1 heterocycles. The lowest BCUT2D eigenvalue weighted by Crippen LogP contribution is -2.56. The van der Waals surface area contributed by atoms with Crippen LogP contribution < -0.4 is 5.73 Å².